The number of methoxy groups -OCH3 is 1. The standard InChI is InChI=1S/C34H38N4O5/c1-4-37(5-2)18-21-43-34(41)23-14-16-24(17-15-23)36-32(39)30-26-11-6-7-12-27(26)33(40)38(19-20-42-3)31(30)28-22-35-29-13-9-8-10-25(28)29/h6-17,22,30-31,35H,4-5,18-21H2,1-3H3,(H,36,39). The van der Waals surface area contributed by atoms with Gasteiger partial charge in [-0.1, -0.05) is 50.2 Å². The van der Waals surface area contributed by atoms with E-state index in [0.29, 0.717) is 48.7 Å². The van der Waals surface area contributed by atoms with E-state index >= 15 is 0 Å². The predicted octanol–water partition coefficient (Wildman–Crippen LogP) is 5.23. The minimum Gasteiger partial charge on any atom is -0.461 e. The Morgan fingerprint density at radius 3 is 2.40 bits per heavy atom. The molecule has 1 aliphatic heterocycles. The first-order valence-electron chi connectivity index (χ1n) is 14.7. The molecule has 0 saturated heterocycles. The van der Waals surface area contributed by atoms with E-state index in [-0.39, 0.29) is 11.8 Å². The summed E-state index contributed by atoms with van der Waals surface area (Å²) < 4.78 is 10.8. The summed E-state index contributed by atoms with van der Waals surface area (Å²) in [6.07, 6.45) is 1.89. The number of para-hydroxylation sites is 1. The van der Waals surface area contributed by atoms with E-state index in [1.165, 1.54) is 0 Å². The van der Waals surface area contributed by atoms with Crippen LogP contribution in [0.5, 0.6) is 0 Å². The zero-order valence-electron chi connectivity index (χ0n) is 24.8. The second kappa shape index (κ2) is 13.7. The number of hydrogen-bond donors (Lipinski definition) is 2. The van der Waals surface area contributed by atoms with E-state index in [0.717, 1.165) is 29.6 Å². The summed E-state index contributed by atoms with van der Waals surface area (Å²) in [5.41, 5.74) is 3.90. The van der Waals surface area contributed by atoms with Gasteiger partial charge in [-0.2, -0.15) is 0 Å². The van der Waals surface area contributed by atoms with Crippen LogP contribution in [-0.2, 0) is 14.3 Å². The molecule has 43 heavy (non-hydrogen) atoms. The number of nitrogens with zero attached hydrogens (tertiary/aromatic N) is 2. The lowest BCUT2D eigenvalue weighted by Gasteiger charge is -2.41. The van der Waals surface area contributed by atoms with Crippen LogP contribution in [-0.4, -0.2) is 79.1 Å². The fourth-order valence-corrected chi connectivity index (χ4v) is 5.80. The smallest absolute Gasteiger partial charge is 0.338 e. The van der Waals surface area contributed by atoms with E-state index in [4.69, 9.17) is 9.47 Å². The Hall–Kier alpha value is -4.47. The van der Waals surface area contributed by atoms with Crippen molar-refractivity contribution >= 4 is 34.4 Å². The molecule has 2 unspecified atom stereocenters. The lowest BCUT2D eigenvalue weighted by Crippen LogP contribution is -2.47. The van der Waals surface area contributed by atoms with E-state index in [9.17, 15) is 14.4 Å². The van der Waals surface area contributed by atoms with Gasteiger partial charge in [0.2, 0.25) is 5.91 Å². The third-order valence-corrected chi connectivity index (χ3v) is 8.12. The van der Waals surface area contributed by atoms with Gasteiger partial charge in [0.1, 0.15) is 6.61 Å². The van der Waals surface area contributed by atoms with Crippen LogP contribution in [0.2, 0.25) is 0 Å². The molecule has 0 fully saturated rings. The highest BCUT2D eigenvalue weighted by atomic mass is 16.5. The highest BCUT2D eigenvalue weighted by Crippen LogP contribution is 2.45. The number of carbonyl (C=O) groups excluding carboxylic acids is 3. The molecule has 3 aromatic carbocycles. The molecule has 2 atom stereocenters. The number of hydrogen-bond acceptors (Lipinski definition) is 6. The monoisotopic (exact) mass is 582 g/mol. The van der Waals surface area contributed by atoms with Gasteiger partial charge in [0.25, 0.3) is 5.91 Å². The van der Waals surface area contributed by atoms with Gasteiger partial charge in [-0.15, -0.1) is 0 Å². The first-order chi connectivity index (χ1) is 21.0. The first-order valence-corrected chi connectivity index (χ1v) is 14.7. The number of likely N-dealkylation sites (N-methyl/N-ethyl adjacent to an activating group) is 1. The number of esters is 1. The average molecular weight is 583 g/mol. The predicted molar refractivity (Wildman–Crippen MR) is 166 cm³/mol. The van der Waals surface area contributed by atoms with Gasteiger partial charge in [0.15, 0.2) is 0 Å². The summed E-state index contributed by atoms with van der Waals surface area (Å²) in [5, 5.41) is 3.99. The van der Waals surface area contributed by atoms with Crippen LogP contribution in [0.25, 0.3) is 10.9 Å². The molecule has 0 radical (unpaired) electrons. The van der Waals surface area contributed by atoms with Crippen LogP contribution in [0, 0.1) is 0 Å². The van der Waals surface area contributed by atoms with Crippen molar-refractivity contribution in [3.63, 3.8) is 0 Å². The van der Waals surface area contributed by atoms with Gasteiger partial charge in [-0.25, -0.2) is 4.79 Å². The second-order valence-corrected chi connectivity index (χ2v) is 10.5. The Labute approximate surface area is 251 Å². The number of benzene rings is 3. The number of rotatable bonds is 12. The number of amides is 2. The van der Waals surface area contributed by atoms with Crippen LogP contribution in [0.4, 0.5) is 5.69 Å². The topological polar surface area (TPSA) is 104 Å². The SMILES string of the molecule is CCN(CC)CCOC(=O)c1ccc(NC(=O)C2c3ccccc3C(=O)N(CCOC)C2c2c[nH]c3ccccc23)cc1. The number of H-pyrrole nitrogens is 1. The molecule has 0 saturated carbocycles. The Morgan fingerprint density at radius 1 is 0.930 bits per heavy atom. The fraction of sp³-hybridized carbons (Fsp3) is 0.324. The van der Waals surface area contributed by atoms with Crippen molar-refractivity contribution in [3.05, 3.63) is 101 Å². The molecular formula is C34H38N4O5. The Bertz CT molecular complexity index is 1580. The zero-order chi connectivity index (χ0) is 30.3. The molecule has 2 heterocycles. The van der Waals surface area contributed by atoms with Crippen LogP contribution in [0.3, 0.4) is 0 Å². The number of carbonyl (C=O) groups is 3. The fourth-order valence-electron chi connectivity index (χ4n) is 5.80. The summed E-state index contributed by atoms with van der Waals surface area (Å²) in [6.45, 7) is 7.58. The van der Waals surface area contributed by atoms with Crippen molar-refractivity contribution in [1.29, 1.82) is 0 Å². The minimum absolute atomic E-state index is 0.143. The summed E-state index contributed by atoms with van der Waals surface area (Å²) >= 11 is 0. The Kier molecular flexibility index (Phi) is 9.54. The molecule has 224 valence electrons. The summed E-state index contributed by atoms with van der Waals surface area (Å²) in [7, 11) is 1.59. The molecule has 0 bridgehead atoms. The molecule has 1 aliphatic rings. The maximum atomic E-state index is 14.2. The lowest BCUT2D eigenvalue weighted by molar-refractivity contribution is -0.119. The second-order valence-electron chi connectivity index (χ2n) is 10.5. The molecule has 1 aromatic heterocycles. The summed E-state index contributed by atoms with van der Waals surface area (Å²) in [4.78, 5) is 47.8. The average Bonchev–Trinajstić information content (AvgIpc) is 3.46. The molecule has 9 heteroatoms. The molecule has 2 N–H and O–H groups in total. The van der Waals surface area contributed by atoms with Crippen LogP contribution < -0.4 is 5.32 Å². The van der Waals surface area contributed by atoms with Crippen molar-refractivity contribution in [3.8, 4) is 0 Å². The molecule has 9 nitrogen and oxygen atoms in total. The summed E-state index contributed by atoms with van der Waals surface area (Å²) in [6, 6.07) is 21.3. The van der Waals surface area contributed by atoms with Crippen molar-refractivity contribution in [2.24, 2.45) is 0 Å². The van der Waals surface area contributed by atoms with Gasteiger partial charge in [-0.3, -0.25) is 9.59 Å². The number of anilines is 1. The Morgan fingerprint density at radius 2 is 1.65 bits per heavy atom. The highest BCUT2D eigenvalue weighted by Gasteiger charge is 2.44. The van der Waals surface area contributed by atoms with Gasteiger partial charge >= 0.3 is 5.97 Å². The van der Waals surface area contributed by atoms with Crippen molar-refractivity contribution in [2.75, 3.05) is 51.8 Å². The van der Waals surface area contributed by atoms with E-state index < -0.39 is 17.9 Å². The number of fused-ring (bicyclic) bond motifs is 2. The van der Waals surface area contributed by atoms with Gasteiger partial charge < -0.3 is 29.6 Å². The van der Waals surface area contributed by atoms with Crippen molar-refractivity contribution in [1.82, 2.24) is 14.8 Å². The molecule has 0 spiro atoms. The number of aromatic amines is 1. The van der Waals surface area contributed by atoms with Crippen LogP contribution >= 0.6 is 0 Å². The largest absolute Gasteiger partial charge is 0.461 e. The molecule has 2 amide bonds. The Balaban J connectivity index is 1.43. The van der Waals surface area contributed by atoms with Gasteiger partial charge in [0, 0.05) is 54.1 Å². The van der Waals surface area contributed by atoms with E-state index in [1.807, 2.05) is 48.7 Å². The maximum absolute atomic E-state index is 14.2. The van der Waals surface area contributed by atoms with Crippen LogP contribution in [0.1, 0.15) is 57.7 Å². The number of aromatic nitrogens is 1. The molecule has 5 rings (SSSR count). The quantitative estimate of drug-likeness (QED) is 0.222. The van der Waals surface area contributed by atoms with Crippen LogP contribution in [0.15, 0.2) is 79.0 Å². The third-order valence-electron chi connectivity index (χ3n) is 8.12. The highest BCUT2D eigenvalue weighted by molar-refractivity contribution is 6.05. The van der Waals surface area contributed by atoms with Crippen molar-refractivity contribution < 1.29 is 23.9 Å². The lowest BCUT2D eigenvalue weighted by atomic mass is 9.79. The zero-order valence-corrected chi connectivity index (χ0v) is 24.8. The first kappa shape index (κ1) is 30.0. The van der Waals surface area contributed by atoms with E-state index in [2.05, 4.69) is 29.0 Å². The maximum Gasteiger partial charge on any atom is 0.338 e. The minimum atomic E-state index is -0.699. The summed E-state index contributed by atoms with van der Waals surface area (Å²) in [5.74, 6) is -1.50. The van der Waals surface area contributed by atoms with E-state index in [1.54, 1.807) is 42.3 Å². The third kappa shape index (κ3) is 6.33. The normalized spacial score (nSPS) is 16.4. The molecule has 0 aliphatic carbocycles. The number of ether oxygens (including phenoxy) is 2. The molecular weight excluding hydrogens is 544 g/mol. The number of nitrogens with one attached hydrogen (secondary N) is 2. The van der Waals surface area contributed by atoms with Crippen molar-refractivity contribution in [2.45, 2.75) is 25.8 Å². The van der Waals surface area contributed by atoms with Gasteiger partial charge in [0.05, 0.1) is 24.1 Å². The molecule has 4 aromatic rings. The van der Waals surface area contributed by atoms with Gasteiger partial charge in [-0.05, 0) is 55.1 Å².